The molecule has 1 saturated heterocycles. The van der Waals surface area contributed by atoms with E-state index in [9.17, 15) is 14.4 Å². The number of H-pyrrole nitrogens is 1. The highest BCUT2D eigenvalue weighted by Crippen LogP contribution is 2.40. The maximum absolute atomic E-state index is 14.0. The summed E-state index contributed by atoms with van der Waals surface area (Å²) in [4.78, 5) is 44.5. The lowest BCUT2D eigenvalue weighted by atomic mass is 10.0. The molecule has 0 bridgehead atoms. The molecule has 0 atom stereocenters. The average Bonchev–Trinajstić information content (AvgIpc) is 3.34. The molecule has 10 nitrogen and oxygen atoms in total. The number of nitrogens with zero attached hydrogens (tertiary/aromatic N) is 3. The number of aromatic nitrogens is 2. The summed E-state index contributed by atoms with van der Waals surface area (Å²) in [5.41, 5.74) is 1.04. The average molecular weight is 525 g/mol. The van der Waals surface area contributed by atoms with E-state index in [4.69, 9.17) is 25.8 Å². The molecule has 1 aromatic heterocycles. The minimum absolute atomic E-state index is 0.0318. The zero-order chi connectivity index (χ0) is 26.3. The third-order valence-electron chi connectivity index (χ3n) is 6.40. The molecule has 2 amide bonds. The second-order valence-corrected chi connectivity index (χ2v) is 8.98. The highest BCUT2D eigenvalue weighted by atomic mass is 35.5. The molecule has 3 aromatic rings. The number of aromatic amines is 1. The Morgan fingerprint density at radius 3 is 2.41 bits per heavy atom. The van der Waals surface area contributed by atoms with Gasteiger partial charge in [-0.15, -0.1) is 0 Å². The Bertz CT molecular complexity index is 1480. The highest BCUT2D eigenvalue weighted by Gasteiger charge is 2.45. The zero-order valence-corrected chi connectivity index (χ0v) is 21.3. The van der Waals surface area contributed by atoms with Crippen LogP contribution in [0.3, 0.4) is 0 Å². The van der Waals surface area contributed by atoms with Crippen LogP contribution in [-0.4, -0.2) is 67.0 Å². The van der Waals surface area contributed by atoms with Crippen molar-refractivity contribution in [3.05, 3.63) is 74.8 Å². The summed E-state index contributed by atoms with van der Waals surface area (Å²) in [6.45, 7) is 3.27. The minimum atomic E-state index is -0.618. The number of carbonyl (C=O) groups excluding carboxylic acids is 2. The predicted octanol–water partition coefficient (Wildman–Crippen LogP) is 2.76. The van der Waals surface area contributed by atoms with Crippen LogP contribution in [0.5, 0.6) is 11.5 Å². The van der Waals surface area contributed by atoms with Crippen molar-refractivity contribution in [1.29, 1.82) is 0 Å². The maximum atomic E-state index is 14.0. The van der Waals surface area contributed by atoms with Gasteiger partial charge >= 0.3 is 0 Å². The molecule has 2 aliphatic heterocycles. The van der Waals surface area contributed by atoms with Gasteiger partial charge in [0.05, 0.1) is 49.9 Å². The number of anilines is 1. The van der Waals surface area contributed by atoms with Gasteiger partial charge in [0.1, 0.15) is 17.2 Å². The standard InChI is InChI=1S/C26H25ClN4O6/c1-15-21(25(33)31(28-15)17-6-4-5-16(27)13-17)22-23(29-9-11-37-12-10-29)26(34)30(24(22)32)19-8-7-18(35-2)14-20(19)36-3/h4-8,13-14,28H,9-12H2,1-3H3. The smallest absolute Gasteiger partial charge is 0.282 e. The van der Waals surface area contributed by atoms with Crippen molar-refractivity contribution in [2.75, 3.05) is 45.4 Å². The Kier molecular flexibility index (Phi) is 6.53. The van der Waals surface area contributed by atoms with Gasteiger partial charge in [0.2, 0.25) is 0 Å². The molecule has 1 fully saturated rings. The maximum Gasteiger partial charge on any atom is 0.282 e. The van der Waals surface area contributed by atoms with Gasteiger partial charge in [-0.3, -0.25) is 19.5 Å². The summed E-state index contributed by atoms with van der Waals surface area (Å²) in [6.07, 6.45) is 0. The molecule has 11 heteroatoms. The molecule has 37 heavy (non-hydrogen) atoms. The number of amides is 2. The van der Waals surface area contributed by atoms with Crippen LogP contribution in [0, 0.1) is 6.92 Å². The second-order valence-electron chi connectivity index (χ2n) is 8.54. The molecule has 1 N–H and O–H groups in total. The van der Waals surface area contributed by atoms with E-state index in [2.05, 4.69) is 5.10 Å². The van der Waals surface area contributed by atoms with Crippen LogP contribution >= 0.6 is 11.6 Å². The molecule has 0 radical (unpaired) electrons. The molecule has 0 unspecified atom stereocenters. The lowest BCUT2D eigenvalue weighted by Crippen LogP contribution is -2.40. The third-order valence-corrected chi connectivity index (χ3v) is 6.64. The Hall–Kier alpha value is -4.02. The number of methoxy groups -OCH3 is 2. The largest absolute Gasteiger partial charge is 0.497 e. The summed E-state index contributed by atoms with van der Waals surface area (Å²) in [7, 11) is 2.96. The normalized spacial score (nSPS) is 16.1. The third kappa shape index (κ3) is 4.17. The van der Waals surface area contributed by atoms with Gasteiger partial charge in [-0.2, -0.15) is 0 Å². The van der Waals surface area contributed by atoms with Gasteiger partial charge in [-0.1, -0.05) is 17.7 Å². The van der Waals surface area contributed by atoms with Crippen molar-refractivity contribution in [2.24, 2.45) is 0 Å². The number of imide groups is 1. The summed E-state index contributed by atoms with van der Waals surface area (Å²) in [5.74, 6) is -0.370. The van der Waals surface area contributed by atoms with Crippen LogP contribution < -0.4 is 19.9 Å². The first-order valence-electron chi connectivity index (χ1n) is 11.6. The van der Waals surface area contributed by atoms with Crippen molar-refractivity contribution in [3.8, 4) is 17.2 Å². The second kappa shape index (κ2) is 9.79. The van der Waals surface area contributed by atoms with Gasteiger partial charge in [0, 0.05) is 29.9 Å². The number of hydrogen-bond acceptors (Lipinski definition) is 7. The van der Waals surface area contributed by atoms with E-state index < -0.39 is 17.4 Å². The Balaban J connectivity index is 1.69. The van der Waals surface area contributed by atoms with Gasteiger partial charge < -0.3 is 19.1 Å². The Labute approximate surface area is 217 Å². The van der Waals surface area contributed by atoms with E-state index in [-0.39, 0.29) is 28.3 Å². The molecule has 192 valence electrons. The lowest BCUT2D eigenvalue weighted by molar-refractivity contribution is -0.121. The van der Waals surface area contributed by atoms with Gasteiger partial charge in [-0.25, -0.2) is 9.58 Å². The first-order chi connectivity index (χ1) is 17.8. The number of hydrogen-bond donors (Lipinski definition) is 1. The number of nitrogens with one attached hydrogen (secondary N) is 1. The lowest BCUT2D eigenvalue weighted by Gasteiger charge is -2.29. The fraction of sp³-hybridized carbons (Fsp3) is 0.269. The molecule has 3 heterocycles. The summed E-state index contributed by atoms with van der Waals surface area (Å²) in [5, 5.41) is 3.48. The van der Waals surface area contributed by atoms with Gasteiger partial charge in [-0.05, 0) is 37.3 Å². The monoisotopic (exact) mass is 524 g/mol. The summed E-state index contributed by atoms with van der Waals surface area (Å²) >= 11 is 6.14. The van der Waals surface area contributed by atoms with Crippen LogP contribution in [0.1, 0.15) is 11.3 Å². The van der Waals surface area contributed by atoms with Crippen molar-refractivity contribution >= 4 is 34.7 Å². The fourth-order valence-electron chi connectivity index (χ4n) is 4.65. The van der Waals surface area contributed by atoms with Crippen LogP contribution in [-0.2, 0) is 14.3 Å². The minimum Gasteiger partial charge on any atom is -0.497 e. The topological polar surface area (TPSA) is 106 Å². The van der Waals surface area contributed by atoms with Gasteiger partial charge in [0.15, 0.2) is 0 Å². The number of ether oxygens (including phenoxy) is 3. The zero-order valence-electron chi connectivity index (χ0n) is 20.5. The van der Waals surface area contributed by atoms with E-state index >= 15 is 0 Å². The molecular weight excluding hydrogens is 500 g/mol. The van der Waals surface area contributed by atoms with Crippen LogP contribution in [0.15, 0.2) is 53.0 Å². The number of rotatable bonds is 6. The quantitative estimate of drug-likeness (QED) is 0.494. The van der Waals surface area contributed by atoms with E-state index in [0.717, 1.165) is 4.90 Å². The van der Waals surface area contributed by atoms with E-state index in [1.165, 1.54) is 18.9 Å². The molecule has 0 saturated carbocycles. The summed E-state index contributed by atoms with van der Waals surface area (Å²) in [6, 6.07) is 11.6. The number of halogens is 1. The van der Waals surface area contributed by atoms with Crippen molar-refractivity contribution < 1.29 is 23.8 Å². The molecule has 2 aromatic carbocycles. The van der Waals surface area contributed by atoms with E-state index in [1.54, 1.807) is 54.3 Å². The van der Waals surface area contributed by atoms with Crippen LogP contribution in [0.4, 0.5) is 5.69 Å². The number of carbonyl (C=O) groups is 2. The Morgan fingerprint density at radius 2 is 1.73 bits per heavy atom. The van der Waals surface area contributed by atoms with Crippen LogP contribution in [0.25, 0.3) is 11.3 Å². The van der Waals surface area contributed by atoms with E-state index in [0.29, 0.717) is 48.5 Å². The molecule has 5 rings (SSSR count). The van der Waals surface area contributed by atoms with Crippen LogP contribution in [0.2, 0.25) is 5.02 Å². The molecular formula is C26H25ClN4O6. The van der Waals surface area contributed by atoms with Gasteiger partial charge in [0.25, 0.3) is 17.4 Å². The Morgan fingerprint density at radius 1 is 0.973 bits per heavy atom. The number of benzene rings is 2. The SMILES string of the molecule is COc1ccc(N2C(=O)C(c3c(C)[nH]n(-c4cccc(Cl)c4)c3=O)=C(N3CCOCC3)C2=O)c(OC)c1. The molecule has 0 aliphatic carbocycles. The first-order valence-corrected chi connectivity index (χ1v) is 12.0. The first kappa shape index (κ1) is 24.7. The fourth-order valence-corrected chi connectivity index (χ4v) is 4.83. The van der Waals surface area contributed by atoms with Crippen molar-refractivity contribution in [1.82, 2.24) is 14.7 Å². The predicted molar refractivity (Wildman–Crippen MR) is 137 cm³/mol. The molecule has 2 aliphatic rings. The molecule has 0 spiro atoms. The highest BCUT2D eigenvalue weighted by molar-refractivity contribution is 6.45. The van der Waals surface area contributed by atoms with E-state index in [1.807, 2.05) is 0 Å². The van der Waals surface area contributed by atoms with Crippen molar-refractivity contribution in [2.45, 2.75) is 6.92 Å². The number of aryl methyl sites for hydroxylation is 1. The number of morpholine rings is 1. The summed E-state index contributed by atoms with van der Waals surface area (Å²) < 4.78 is 17.5. The van der Waals surface area contributed by atoms with Crippen molar-refractivity contribution in [3.63, 3.8) is 0 Å².